The van der Waals surface area contributed by atoms with Gasteiger partial charge in [0.15, 0.2) is 0 Å². The number of ketones is 1. The first-order valence-electron chi connectivity index (χ1n) is 9.47. The number of ether oxygens (including phenoxy) is 1. The topological polar surface area (TPSA) is 102 Å². The molecular formula is C19H21F6N3O4. The van der Waals surface area contributed by atoms with Gasteiger partial charge in [-0.3, -0.25) is 14.5 Å². The number of Topliss-reactive ketones (excluding diaryl/α,β-unsaturated/α-hetero) is 1. The smallest absolute Gasteiger partial charge is 0.445 e. The molecule has 1 fully saturated rings. The number of hydrogen-bond acceptors (Lipinski definition) is 5. The zero-order chi connectivity index (χ0) is 24.2. The summed E-state index contributed by atoms with van der Waals surface area (Å²) >= 11 is 0. The van der Waals surface area contributed by atoms with Crippen LogP contribution in [0, 0.1) is 5.92 Å². The van der Waals surface area contributed by atoms with Gasteiger partial charge in [-0.05, 0) is 18.4 Å². The number of halogens is 6. The van der Waals surface area contributed by atoms with Crippen molar-refractivity contribution in [1.29, 1.82) is 0 Å². The molecule has 2 unspecified atom stereocenters. The molecule has 0 aliphatic carbocycles. The van der Waals surface area contributed by atoms with Crippen LogP contribution in [-0.4, -0.2) is 53.8 Å². The summed E-state index contributed by atoms with van der Waals surface area (Å²) in [5.74, 6) is -5.89. The van der Waals surface area contributed by atoms with Gasteiger partial charge in [-0.25, -0.2) is 4.79 Å². The van der Waals surface area contributed by atoms with Crippen LogP contribution in [-0.2, 0) is 20.9 Å². The van der Waals surface area contributed by atoms with E-state index in [1.165, 1.54) is 0 Å². The Bertz CT molecular complexity index is 831. The molecule has 178 valence electrons. The standard InChI is InChI=1S/C19H21F6N3O4/c20-18(21,22)14(29)13-6-9-28(16(31)32-11-12-4-2-1-3-5-12)17(26,10-13)7-8-27-15(30)19(23,24)25/h1-5,13H,6-11,26H2,(H,27,30). The van der Waals surface area contributed by atoms with Crippen molar-refractivity contribution in [2.45, 2.75) is 43.9 Å². The molecule has 7 nitrogen and oxygen atoms in total. The first-order chi connectivity index (χ1) is 14.7. The predicted molar refractivity (Wildman–Crippen MR) is 97.7 cm³/mol. The fourth-order valence-electron chi connectivity index (χ4n) is 3.40. The molecule has 0 radical (unpaired) electrons. The highest BCUT2D eigenvalue weighted by Crippen LogP contribution is 2.35. The van der Waals surface area contributed by atoms with Crippen LogP contribution in [0.3, 0.4) is 0 Å². The molecule has 1 saturated heterocycles. The minimum atomic E-state index is -5.17. The molecule has 1 aliphatic heterocycles. The van der Waals surface area contributed by atoms with E-state index in [4.69, 9.17) is 10.5 Å². The number of hydrogen-bond donors (Lipinski definition) is 2. The number of carbonyl (C=O) groups is 3. The van der Waals surface area contributed by atoms with E-state index in [1.54, 1.807) is 35.6 Å². The highest BCUT2D eigenvalue weighted by atomic mass is 19.4. The molecule has 0 saturated carbocycles. The zero-order valence-electron chi connectivity index (χ0n) is 16.6. The third kappa shape index (κ3) is 6.58. The van der Waals surface area contributed by atoms with Gasteiger partial charge in [-0.2, -0.15) is 26.3 Å². The lowest BCUT2D eigenvalue weighted by Gasteiger charge is -2.46. The predicted octanol–water partition coefficient (Wildman–Crippen LogP) is 2.89. The van der Waals surface area contributed by atoms with Crippen LogP contribution in [0.5, 0.6) is 0 Å². The molecular weight excluding hydrogens is 448 g/mol. The summed E-state index contributed by atoms with van der Waals surface area (Å²) in [7, 11) is 0. The summed E-state index contributed by atoms with van der Waals surface area (Å²) in [5, 5.41) is 1.56. The Balaban J connectivity index is 2.13. The Morgan fingerprint density at radius 3 is 2.28 bits per heavy atom. The van der Waals surface area contributed by atoms with Gasteiger partial charge in [-0.1, -0.05) is 30.3 Å². The number of piperidine rings is 1. The van der Waals surface area contributed by atoms with Crippen LogP contribution >= 0.6 is 0 Å². The summed E-state index contributed by atoms with van der Waals surface area (Å²) in [6.45, 7) is -1.25. The molecule has 1 aromatic carbocycles. The zero-order valence-corrected chi connectivity index (χ0v) is 16.6. The average molecular weight is 469 g/mol. The summed E-state index contributed by atoms with van der Waals surface area (Å²) < 4.78 is 80.9. The van der Waals surface area contributed by atoms with Gasteiger partial charge in [0.1, 0.15) is 6.61 Å². The van der Waals surface area contributed by atoms with Crippen molar-refractivity contribution in [1.82, 2.24) is 10.2 Å². The van der Waals surface area contributed by atoms with Crippen molar-refractivity contribution in [2.24, 2.45) is 11.7 Å². The lowest BCUT2D eigenvalue weighted by atomic mass is 9.82. The number of nitrogens with two attached hydrogens (primary N) is 1. The lowest BCUT2D eigenvalue weighted by molar-refractivity contribution is -0.178. The number of nitrogens with zero attached hydrogens (tertiary/aromatic N) is 1. The Morgan fingerprint density at radius 1 is 1.09 bits per heavy atom. The number of carbonyl (C=O) groups excluding carboxylic acids is 3. The third-order valence-electron chi connectivity index (χ3n) is 5.02. The molecule has 2 amide bonds. The summed E-state index contributed by atoms with van der Waals surface area (Å²) in [6.07, 6.45) is -12.8. The van der Waals surface area contributed by atoms with Crippen LogP contribution < -0.4 is 11.1 Å². The minimum Gasteiger partial charge on any atom is -0.445 e. The molecule has 32 heavy (non-hydrogen) atoms. The SMILES string of the molecule is NC1(CCNC(=O)C(F)(F)F)CC(C(=O)C(F)(F)F)CCN1C(=O)OCc1ccccc1. The maximum atomic E-state index is 12.9. The van der Waals surface area contributed by atoms with Crippen molar-refractivity contribution in [3.8, 4) is 0 Å². The highest BCUT2D eigenvalue weighted by Gasteiger charge is 2.50. The maximum absolute atomic E-state index is 12.9. The quantitative estimate of drug-likeness (QED) is 0.624. The Kier molecular flexibility index (Phi) is 7.75. The number of amides is 2. The van der Waals surface area contributed by atoms with Crippen molar-refractivity contribution in [2.75, 3.05) is 13.1 Å². The van der Waals surface area contributed by atoms with Crippen LogP contribution in [0.25, 0.3) is 0 Å². The van der Waals surface area contributed by atoms with Crippen LogP contribution in [0.2, 0.25) is 0 Å². The van der Waals surface area contributed by atoms with Gasteiger partial charge < -0.3 is 15.8 Å². The molecule has 0 spiro atoms. The Morgan fingerprint density at radius 2 is 1.72 bits per heavy atom. The van der Waals surface area contributed by atoms with Crippen molar-refractivity contribution < 1.29 is 45.5 Å². The fourth-order valence-corrected chi connectivity index (χ4v) is 3.40. The second-order valence-corrected chi connectivity index (χ2v) is 7.35. The number of likely N-dealkylation sites (tertiary alicyclic amines) is 1. The van der Waals surface area contributed by atoms with Crippen molar-refractivity contribution in [3.05, 3.63) is 35.9 Å². The Hall–Kier alpha value is -2.83. The monoisotopic (exact) mass is 469 g/mol. The van der Waals surface area contributed by atoms with E-state index in [0.717, 1.165) is 4.90 Å². The van der Waals surface area contributed by atoms with Gasteiger partial charge in [-0.15, -0.1) is 0 Å². The number of alkyl halides is 6. The van der Waals surface area contributed by atoms with Gasteiger partial charge in [0.25, 0.3) is 0 Å². The van der Waals surface area contributed by atoms with Gasteiger partial charge in [0.2, 0.25) is 5.78 Å². The van der Waals surface area contributed by atoms with E-state index in [2.05, 4.69) is 0 Å². The largest absolute Gasteiger partial charge is 0.471 e. The lowest BCUT2D eigenvalue weighted by Crippen LogP contribution is -2.64. The summed E-state index contributed by atoms with van der Waals surface area (Å²) in [5.41, 5.74) is 4.78. The molecule has 3 N–H and O–H groups in total. The van der Waals surface area contributed by atoms with Crippen LogP contribution in [0.15, 0.2) is 30.3 Å². The van der Waals surface area contributed by atoms with Gasteiger partial charge in [0, 0.05) is 25.4 Å². The molecule has 0 aromatic heterocycles. The summed E-state index contributed by atoms with van der Waals surface area (Å²) in [6, 6.07) is 8.42. The molecule has 2 atom stereocenters. The van der Waals surface area contributed by atoms with Crippen molar-refractivity contribution in [3.63, 3.8) is 0 Å². The molecule has 0 bridgehead atoms. The van der Waals surface area contributed by atoms with Gasteiger partial charge >= 0.3 is 24.4 Å². The first-order valence-corrected chi connectivity index (χ1v) is 9.47. The normalized spacial score (nSPS) is 21.7. The molecule has 1 aliphatic rings. The second kappa shape index (κ2) is 9.76. The van der Waals surface area contributed by atoms with E-state index in [1.807, 2.05) is 0 Å². The average Bonchev–Trinajstić information content (AvgIpc) is 2.70. The van der Waals surface area contributed by atoms with Crippen molar-refractivity contribution >= 4 is 17.8 Å². The summed E-state index contributed by atoms with van der Waals surface area (Å²) in [4.78, 5) is 36.1. The van der Waals surface area contributed by atoms with E-state index in [-0.39, 0.29) is 19.6 Å². The molecule has 1 heterocycles. The van der Waals surface area contributed by atoms with E-state index in [9.17, 15) is 40.7 Å². The first kappa shape index (κ1) is 25.4. The minimum absolute atomic E-state index is 0.179. The molecule has 13 heteroatoms. The number of rotatable bonds is 6. The van der Waals surface area contributed by atoms with E-state index in [0.29, 0.717) is 5.56 Å². The third-order valence-corrected chi connectivity index (χ3v) is 5.02. The van der Waals surface area contributed by atoms with Crippen LogP contribution in [0.1, 0.15) is 24.8 Å². The maximum Gasteiger partial charge on any atom is 0.471 e. The number of benzene rings is 1. The van der Waals surface area contributed by atoms with Crippen LogP contribution in [0.4, 0.5) is 31.1 Å². The number of nitrogens with one attached hydrogen (secondary N) is 1. The molecule has 2 rings (SSSR count). The van der Waals surface area contributed by atoms with Gasteiger partial charge in [0.05, 0.1) is 5.66 Å². The van der Waals surface area contributed by atoms with E-state index < -0.39 is 61.1 Å². The molecule has 1 aromatic rings. The Labute approximate surface area is 178 Å². The highest BCUT2D eigenvalue weighted by molar-refractivity contribution is 5.86. The fraction of sp³-hybridized carbons (Fsp3) is 0.526. The van der Waals surface area contributed by atoms with E-state index >= 15 is 0 Å². The second-order valence-electron chi connectivity index (χ2n) is 7.35.